The summed E-state index contributed by atoms with van der Waals surface area (Å²) in [4.78, 5) is 98.6. The lowest BCUT2D eigenvalue weighted by atomic mass is 10.1. The summed E-state index contributed by atoms with van der Waals surface area (Å²) in [6.07, 6.45) is -1.89. The monoisotopic (exact) mass is 525 g/mol. The van der Waals surface area contributed by atoms with Crippen molar-refractivity contribution in [3.8, 4) is 0 Å². The van der Waals surface area contributed by atoms with Gasteiger partial charge in [0.05, 0.1) is 18.4 Å². The molecule has 18 nitrogen and oxygen atoms in total. The Morgan fingerprint density at radius 3 is 2.33 bits per heavy atom. The first-order chi connectivity index (χ1) is 16.9. The van der Waals surface area contributed by atoms with Crippen molar-refractivity contribution in [1.82, 2.24) is 25.3 Å². The minimum absolute atomic E-state index is 0.0337. The fourth-order valence-corrected chi connectivity index (χ4v) is 4.00. The highest BCUT2D eigenvalue weighted by Crippen LogP contribution is 2.26. The molecule has 4 amide bonds. The Morgan fingerprint density at radius 2 is 1.69 bits per heavy atom. The van der Waals surface area contributed by atoms with E-state index in [-0.39, 0.29) is 33.2 Å². The molecule has 4 rings (SSSR count). The standard InChI is InChI=1S/C17H11N5O13S/c23-6-33-22-9-3-1-2-7(13(9)18-19-22)16(28)34-20-11(24)4-8(14(20)26)17(29)35-21-12(25)5-10(15(21)27)36(30,31)32/h1-3,6,8,10H,4-5H2,(H,30,31,32). The molecule has 2 aliphatic heterocycles. The van der Waals surface area contributed by atoms with Crippen molar-refractivity contribution in [2.45, 2.75) is 18.1 Å². The van der Waals surface area contributed by atoms with Gasteiger partial charge in [0.25, 0.3) is 33.7 Å². The number of carbonyl (C=O) groups is 7. The number of benzene rings is 1. The molecule has 1 N–H and O–H groups in total. The fraction of sp³-hybridized carbons (Fsp3) is 0.235. The van der Waals surface area contributed by atoms with E-state index in [9.17, 15) is 42.0 Å². The van der Waals surface area contributed by atoms with Crippen molar-refractivity contribution in [3.05, 3.63) is 23.8 Å². The molecular weight excluding hydrogens is 514 g/mol. The van der Waals surface area contributed by atoms with E-state index in [2.05, 4.69) is 20.0 Å². The summed E-state index contributed by atoms with van der Waals surface area (Å²) in [5.74, 6) is -10.2. The molecule has 19 heteroatoms. The first-order valence-corrected chi connectivity index (χ1v) is 11.0. The van der Waals surface area contributed by atoms with E-state index in [0.717, 1.165) is 0 Å². The van der Waals surface area contributed by atoms with Gasteiger partial charge in [-0.1, -0.05) is 10.9 Å². The number of carbonyl (C=O) groups excluding carboxylic acids is 7. The smallest absolute Gasteiger partial charge is 0.329 e. The van der Waals surface area contributed by atoms with Gasteiger partial charge in [-0.05, 0) is 17.3 Å². The normalized spacial score (nSPS) is 20.2. The number of hydrogen-bond acceptors (Lipinski definition) is 14. The predicted molar refractivity (Wildman–Crippen MR) is 103 cm³/mol. The Labute approximate surface area is 197 Å². The van der Waals surface area contributed by atoms with Crippen molar-refractivity contribution >= 4 is 63.2 Å². The molecule has 1 aromatic heterocycles. The summed E-state index contributed by atoms with van der Waals surface area (Å²) >= 11 is 0. The highest BCUT2D eigenvalue weighted by molar-refractivity contribution is 7.87. The number of imide groups is 2. The molecule has 36 heavy (non-hydrogen) atoms. The SMILES string of the molecule is O=COn1nnc2c(C(=O)ON3C(=O)CC(C(=O)ON4C(=O)CC(S(=O)(=O)O)C4=O)C3=O)cccc21. The number of rotatable bonds is 7. The molecule has 0 radical (unpaired) electrons. The Hall–Kier alpha value is -4.78. The topological polar surface area (TPSA) is 239 Å². The Morgan fingerprint density at radius 1 is 1.03 bits per heavy atom. The third kappa shape index (κ3) is 4.11. The Kier molecular flexibility index (Phi) is 5.94. The summed E-state index contributed by atoms with van der Waals surface area (Å²) in [5.41, 5.74) is -0.372. The average Bonchev–Trinajstić information content (AvgIpc) is 3.44. The maximum atomic E-state index is 12.6. The van der Waals surface area contributed by atoms with Crippen molar-refractivity contribution < 1.29 is 61.0 Å². The minimum atomic E-state index is -4.98. The highest BCUT2D eigenvalue weighted by atomic mass is 32.2. The van der Waals surface area contributed by atoms with Crippen LogP contribution in [0.15, 0.2) is 18.2 Å². The van der Waals surface area contributed by atoms with Crippen LogP contribution in [0.1, 0.15) is 23.2 Å². The molecule has 2 saturated heterocycles. The van der Waals surface area contributed by atoms with Gasteiger partial charge in [-0.3, -0.25) is 28.5 Å². The summed E-state index contributed by atoms with van der Waals surface area (Å²) in [6, 6.07) is 3.89. The Bertz CT molecular complexity index is 1460. The molecule has 1 aromatic carbocycles. The van der Waals surface area contributed by atoms with Crippen LogP contribution >= 0.6 is 0 Å². The number of hydrogen-bond donors (Lipinski definition) is 1. The molecule has 2 atom stereocenters. The number of nitrogens with zero attached hydrogens (tertiary/aromatic N) is 5. The second-order valence-corrected chi connectivity index (χ2v) is 8.74. The van der Waals surface area contributed by atoms with Crippen molar-refractivity contribution in [3.63, 3.8) is 0 Å². The maximum Gasteiger partial charge on any atom is 0.366 e. The zero-order valence-corrected chi connectivity index (χ0v) is 18.2. The molecular formula is C17H11N5O13S. The molecule has 2 unspecified atom stereocenters. The number of amides is 4. The molecule has 0 spiro atoms. The summed E-state index contributed by atoms with van der Waals surface area (Å²) in [7, 11) is -4.98. The summed E-state index contributed by atoms with van der Waals surface area (Å²) in [6.45, 7) is 0.0477. The average molecular weight is 525 g/mol. The lowest BCUT2D eigenvalue weighted by Crippen LogP contribution is -2.40. The molecule has 2 fully saturated rings. The van der Waals surface area contributed by atoms with Gasteiger partial charge in [0.15, 0.2) is 11.2 Å². The van der Waals surface area contributed by atoms with Crippen LogP contribution in [0.5, 0.6) is 0 Å². The number of fused-ring (bicyclic) bond motifs is 1. The van der Waals surface area contributed by atoms with Crippen LogP contribution in [-0.4, -0.2) is 85.5 Å². The zero-order chi connectivity index (χ0) is 26.4. The van der Waals surface area contributed by atoms with Crippen LogP contribution in [-0.2, 0) is 48.6 Å². The van der Waals surface area contributed by atoms with Gasteiger partial charge in [0.2, 0.25) is 0 Å². The fourth-order valence-electron chi connectivity index (χ4n) is 3.29. The van der Waals surface area contributed by atoms with Crippen molar-refractivity contribution in [2.24, 2.45) is 5.92 Å². The summed E-state index contributed by atoms with van der Waals surface area (Å²) in [5, 5.41) is 4.66. The molecule has 0 aliphatic carbocycles. The third-order valence-electron chi connectivity index (χ3n) is 4.97. The van der Waals surface area contributed by atoms with Crippen LogP contribution in [0.25, 0.3) is 11.0 Å². The van der Waals surface area contributed by atoms with Crippen LogP contribution in [0, 0.1) is 5.92 Å². The molecule has 3 heterocycles. The molecule has 188 valence electrons. The first kappa shape index (κ1) is 24.3. The van der Waals surface area contributed by atoms with E-state index >= 15 is 0 Å². The predicted octanol–water partition coefficient (Wildman–Crippen LogP) is -3.06. The van der Waals surface area contributed by atoms with Gasteiger partial charge in [0, 0.05) is 0 Å². The molecule has 0 saturated carbocycles. The van der Waals surface area contributed by atoms with E-state index in [4.69, 9.17) is 9.39 Å². The largest absolute Gasteiger partial charge is 0.366 e. The van der Waals surface area contributed by atoms with Crippen LogP contribution in [0.2, 0.25) is 0 Å². The second kappa shape index (κ2) is 8.78. The van der Waals surface area contributed by atoms with Gasteiger partial charge in [-0.25, -0.2) is 9.59 Å². The molecule has 2 aromatic rings. The van der Waals surface area contributed by atoms with Gasteiger partial charge < -0.3 is 14.5 Å². The van der Waals surface area contributed by atoms with Crippen LogP contribution < -0.4 is 4.84 Å². The molecule has 0 bridgehead atoms. The third-order valence-corrected chi connectivity index (χ3v) is 6.06. The van der Waals surface area contributed by atoms with Crippen LogP contribution in [0.3, 0.4) is 0 Å². The summed E-state index contributed by atoms with van der Waals surface area (Å²) < 4.78 is 31.4. The van der Waals surface area contributed by atoms with E-state index in [1.54, 1.807) is 0 Å². The minimum Gasteiger partial charge on any atom is -0.329 e. The lowest BCUT2D eigenvalue weighted by Gasteiger charge is -2.16. The van der Waals surface area contributed by atoms with Gasteiger partial charge in [-0.15, -0.1) is 15.2 Å². The second-order valence-electron chi connectivity index (χ2n) is 7.14. The first-order valence-electron chi connectivity index (χ1n) is 9.53. The van der Waals surface area contributed by atoms with Crippen LogP contribution in [0.4, 0.5) is 0 Å². The quantitative estimate of drug-likeness (QED) is 0.124. The number of aromatic nitrogens is 3. The highest BCUT2D eigenvalue weighted by Gasteiger charge is 2.52. The maximum absolute atomic E-state index is 12.6. The molecule has 2 aliphatic rings. The lowest BCUT2D eigenvalue weighted by molar-refractivity contribution is -0.201. The zero-order valence-electron chi connectivity index (χ0n) is 17.4. The van der Waals surface area contributed by atoms with E-state index < -0.39 is 69.7 Å². The van der Waals surface area contributed by atoms with Gasteiger partial charge in [-0.2, -0.15) is 8.42 Å². The van der Waals surface area contributed by atoms with Crippen molar-refractivity contribution in [2.75, 3.05) is 0 Å². The Balaban J connectivity index is 1.47. The van der Waals surface area contributed by atoms with Gasteiger partial charge >= 0.3 is 18.4 Å². The van der Waals surface area contributed by atoms with E-state index in [1.165, 1.54) is 18.2 Å². The van der Waals surface area contributed by atoms with Crippen molar-refractivity contribution in [1.29, 1.82) is 0 Å². The van der Waals surface area contributed by atoms with E-state index in [1.807, 2.05) is 0 Å². The number of hydroxylamine groups is 4. The van der Waals surface area contributed by atoms with Gasteiger partial charge in [0.1, 0.15) is 11.0 Å². The van der Waals surface area contributed by atoms with E-state index in [0.29, 0.717) is 4.85 Å².